The van der Waals surface area contributed by atoms with E-state index in [4.69, 9.17) is 0 Å². The van der Waals surface area contributed by atoms with Gasteiger partial charge in [0.05, 0.1) is 0 Å². The number of hydrogen-bond acceptors (Lipinski definition) is 2. The van der Waals surface area contributed by atoms with Crippen molar-refractivity contribution in [3.05, 3.63) is 0 Å². The third-order valence-electron chi connectivity index (χ3n) is 5.93. The van der Waals surface area contributed by atoms with Crippen LogP contribution in [0.15, 0.2) is 4.99 Å². The molecule has 24 heavy (non-hydrogen) atoms. The first kappa shape index (κ1) is 22.0. The summed E-state index contributed by atoms with van der Waals surface area (Å²) in [6, 6.07) is 1.25. The van der Waals surface area contributed by atoms with Gasteiger partial charge in [-0.3, -0.25) is 4.99 Å². The fourth-order valence-electron chi connectivity index (χ4n) is 4.03. The summed E-state index contributed by atoms with van der Waals surface area (Å²) in [6.07, 6.45) is 9.41. The van der Waals surface area contributed by atoms with Crippen LogP contribution in [0.3, 0.4) is 0 Å². The molecule has 0 atom stereocenters. The summed E-state index contributed by atoms with van der Waals surface area (Å²) >= 11 is 0. The highest BCUT2D eigenvalue weighted by molar-refractivity contribution is 14.0. The predicted molar refractivity (Wildman–Crippen MR) is 115 cm³/mol. The van der Waals surface area contributed by atoms with Gasteiger partial charge in [-0.25, -0.2) is 0 Å². The van der Waals surface area contributed by atoms with Gasteiger partial charge in [-0.2, -0.15) is 0 Å². The monoisotopic (exact) mass is 450 g/mol. The quantitative estimate of drug-likeness (QED) is 0.380. The van der Waals surface area contributed by atoms with Crippen molar-refractivity contribution in [2.75, 3.05) is 26.7 Å². The lowest BCUT2D eigenvalue weighted by atomic mass is 9.81. The summed E-state index contributed by atoms with van der Waals surface area (Å²) in [7, 11) is 1.90. The Morgan fingerprint density at radius 2 is 1.62 bits per heavy atom. The van der Waals surface area contributed by atoms with E-state index in [1.165, 1.54) is 58.0 Å². The SMILES string of the molecule is CCC1CCC(CNC(=NC)NC2CCN(C(C)C)CC2)CC1.I. The van der Waals surface area contributed by atoms with Gasteiger partial charge in [0.2, 0.25) is 0 Å². The van der Waals surface area contributed by atoms with Crippen molar-refractivity contribution in [1.82, 2.24) is 15.5 Å². The van der Waals surface area contributed by atoms with Crippen molar-refractivity contribution < 1.29 is 0 Å². The Balaban J connectivity index is 0.00000288. The first-order valence-electron chi connectivity index (χ1n) is 9.83. The van der Waals surface area contributed by atoms with E-state index in [1.807, 2.05) is 7.05 Å². The number of piperidine rings is 1. The Labute approximate surface area is 166 Å². The zero-order valence-electron chi connectivity index (χ0n) is 16.2. The minimum Gasteiger partial charge on any atom is -0.356 e. The number of aliphatic imine (C=N–C) groups is 1. The maximum absolute atomic E-state index is 4.43. The fourth-order valence-corrected chi connectivity index (χ4v) is 4.03. The second-order valence-electron chi connectivity index (χ2n) is 7.80. The van der Waals surface area contributed by atoms with Crippen LogP contribution in [0.25, 0.3) is 0 Å². The number of hydrogen-bond donors (Lipinski definition) is 2. The molecule has 1 heterocycles. The molecule has 142 valence electrons. The minimum atomic E-state index is 0. The third kappa shape index (κ3) is 7.06. The van der Waals surface area contributed by atoms with Gasteiger partial charge in [-0.15, -0.1) is 24.0 Å². The van der Waals surface area contributed by atoms with E-state index >= 15 is 0 Å². The highest BCUT2D eigenvalue weighted by Gasteiger charge is 2.23. The molecule has 1 aliphatic carbocycles. The van der Waals surface area contributed by atoms with E-state index in [1.54, 1.807) is 0 Å². The summed E-state index contributed by atoms with van der Waals surface area (Å²) in [4.78, 5) is 7.00. The summed E-state index contributed by atoms with van der Waals surface area (Å²) in [6.45, 7) is 10.4. The smallest absolute Gasteiger partial charge is 0.191 e. The molecular formula is C19H39IN4. The van der Waals surface area contributed by atoms with Crippen molar-refractivity contribution in [1.29, 1.82) is 0 Å². The van der Waals surface area contributed by atoms with Crippen molar-refractivity contribution in [3.8, 4) is 0 Å². The van der Waals surface area contributed by atoms with Crippen LogP contribution in [0.5, 0.6) is 0 Å². The van der Waals surface area contributed by atoms with Crippen LogP contribution >= 0.6 is 24.0 Å². The molecule has 0 radical (unpaired) electrons. The molecule has 2 fully saturated rings. The largest absolute Gasteiger partial charge is 0.356 e. The average molecular weight is 450 g/mol. The molecule has 1 aliphatic heterocycles. The van der Waals surface area contributed by atoms with Crippen molar-refractivity contribution in [2.24, 2.45) is 16.8 Å². The molecule has 2 N–H and O–H groups in total. The van der Waals surface area contributed by atoms with Crippen LogP contribution in [-0.4, -0.2) is 49.6 Å². The van der Waals surface area contributed by atoms with Crippen LogP contribution in [0, 0.1) is 11.8 Å². The molecule has 2 rings (SSSR count). The summed E-state index contributed by atoms with van der Waals surface area (Å²) in [5.74, 6) is 2.82. The van der Waals surface area contributed by atoms with E-state index in [-0.39, 0.29) is 24.0 Å². The molecule has 0 bridgehead atoms. The summed E-state index contributed by atoms with van der Waals surface area (Å²) in [5.41, 5.74) is 0. The lowest BCUT2D eigenvalue weighted by Gasteiger charge is -2.35. The highest BCUT2D eigenvalue weighted by Crippen LogP contribution is 2.30. The van der Waals surface area contributed by atoms with Gasteiger partial charge in [-0.1, -0.05) is 26.2 Å². The topological polar surface area (TPSA) is 39.7 Å². The maximum atomic E-state index is 4.43. The normalized spacial score (nSPS) is 27.0. The fraction of sp³-hybridized carbons (Fsp3) is 0.947. The number of guanidine groups is 1. The molecule has 1 saturated carbocycles. The van der Waals surface area contributed by atoms with Crippen LogP contribution in [0.1, 0.15) is 65.7 Å². The molecule has 5 heteroatoms. The van der Waals surface area contributed by atoms with Gasteiger partial charge in [0, 0.05) is 38.8 Å². The predicted octanol–water partition coefficient (Wildman–Crippen LogP) is 3.86. The number of nitrogens with zero attached hydrogens (tertiary/aromatic N) is 2. The van der Waals surface area contributed by atoms with Crippen LogP contribution in [-0.2, 0) is 0 Å². The van der Waals surface area contributed by atoms with E-state index < -0.39 is 0 Å². The molecule has 0 spiro atoms. The highest BCUT2D eigenvalue weighted by atomic mass is 127. The van der Waals surface area contributed by atoms with Gasteiger partial charge in [0.25, 0.3) is 0 Å². The van der Waals surface area contributed by atoms with Gasteiger partial charge in [-0.05, 0) is 51.4 Å². The molecule has 0 unspecified atom stereocenters. The Morgan fingerprint density at radius 3 is 2.12 bits per heavy atom. The Bertz CT molecular complexity index is 356. The molecule has 0 aromatic rings. The molecule has 1 saturated heterocycles. The summed E-state index contributed by atoms with van der Waals surface area (Å²) < 4.78 is 0. The average Bonchev–Trinajstić information content (AvgIpc) is 2.59. The Morgan fingerprint density at radius 1 is 1.04 bits per heavy atom. The number of rotatable bonds is 5. The van der Waals surface area contributed by atoms with Gasteiger partial charge >= 0.3 is 0 Å². The lowest BCUT2D eigenvalue weighted by Crippen LogP contribution is -2.50. The van der Waals surface area contributed by atoms with Crippen LogP contribution in [0.2, 0.25) is 0 Å². The second-order valence-corrected chi connectivity index (χ2v) is 7.80. The van der Waals surface area contributed by atoms with E-state index in [9.17, 15) is 0 Å². The van der Waals surface area contributed by atoms with Crippen LogP contribution < -0.4 is 10.6 Å². The van der Waals surface area contributed by atoms with Crippen molar-refractivity contribution in [2.45, 2.75) is 77.8 Å². The molecule has 2 aliphatic rings. The first-order chi connectivity index (χ1) is 11.1. The van der Waals surface area contributed by atoms with E-state index in [0.29, 0.717) is 12.1 Å². The molecule has 4 nitrogen and oxygen atoms in total. The van der Waals surface area contributed by atoms with E-state index in [0.717, 1.165) is 24.3 Å². The Kier molecular flexibility index (Phi) is 10.6. The van der Waals surface area contributed by atoms with Gasteiger partial charge < -0.3 is 15.5 Å². The second kappa shape index (κ2) is 11.6. The molecule has 0 aromatic carbocycles. The molecular weight excluding hydrogens is 411 g/mol. The lowest BCUT2D eigenvalue weighted by molar-refractivity contribution is 0.167. The van der Waals surface area contributed by atoms with E-state index in [2.05, 4.69) is 41.3 Å². The standard InChI is InChI=1S/C19H38N4.HI/c1-5-16-6-8-17(9-7-16)14-21-19(20-4)22-18-10-12-23(13-11-18)15(2)3;/h15-18H,5-14H2,1-4H3,(H2,20,21,22);1H. The number of nitrogens with one attached hydrogen (secondary N) is 2. The zero-order chi connectivity index (χ0) is 16.7. The number of halogens is 1. The molecule has 0 amide bonds. The summed E-state index contributed by atoms with van der Waals surface area (Å²) in [5, 5.41) is 7.22. The maximum Gasteiger partial charge on any atom is 0.191 e. The minimum absolute atomic E-state index is 0. The van der Waals surface area contributed by atoms with Gasteiger partial charge in [0.1, 0.15) is 0 Å². The zero-order valence-corrected chi connectivity index (χ0v) is 18.5. The first-order valence-corrected chi connectivity index (χ1v) is 9.83. The number of likely N-dealkylation sites (tertiary alicyclic amines) is 1. The van der Waals surface area contributed by atoms with Crippen molar-refractivity contribution >= 4 is 29.9 Å². The van der Waals surface area contributed by atoms with Crippen molar-refractivity contribution in [3.63, 3.8) is 0 Å². The third-order valence-corrected chi connectivity index (χ3v) is 5.93. The van der Waals surface area contributed by atoms with Gasteiger partial charge in [0.15, 0.2) is 5.96 Å². The Hall–Kier alpha value is -0.0400. The molecule has 0 aromatic heterocycles. The van der Waals surface area contributed by atoms with Crippen LogP contribution in [0.4, 0.5) is 0 Å².